The zero-order valence-corrected chi connectivity index (χ0v) is 13.9. The van der Waals surface area contributed by atoms with E-state index < -0.39 is 22.0 Å². The van der Waals surface area contributed by atoms with Crippen molar-refractivity contribution in [3.05, 3.63) is 38.7 Å². The van der Waals surface area contributed by atoms with Crippen LogP contribution < -0.4 is 0 Å². The third-order valence-electron chi connectivity index (χ3n) is 3.63. The van der Waals surface area contributed by atoms with Crippen LogP contribution in [0, 0.1) is 15.9 Å². The summed E-state index contributed by atoms with van der Waals surface area (Å²) in [5.41, 5.74) is -0.828. The molecule has 2 rings (SSSR count). The number of nitrogens with zero attached hydrogens (tertiary/aromatic N) is 2. The van der Waals surface area contributed by atoms with Gasteiger partial charge in [0, 0.05) is 37.0 Å². The number of hydrogen-bond donors (Lipinski definition) is 0. The topological polar surface area (TPSA) is 91.0 Å². The Morgan fingerprint density at radius 3 is 2.92 bits per heavy atom. The Balaban J connectivity index is 2.14. The van der Waals surface area contributed by atoms with Crippen LogP contribution in [0.1, 0.15) is 38.7 Å². The predicted octanol–water partition coefficient (Wildman–Crippen LogP) is 3.61. The van der Waals surface area contributed by atoms with Crippen molar-refractivity contribution in [3.8, 4) is 0 Å². The number of oxime groups is 1. The van der Waals surface area contributed by atoms with E-state index in [0.717, 1.165) is 12.1 Å². The molecule has 24 heavy (non-hydrogen) atoms. The number of carbonyl (C=O) groups excluding carboxylic acids is 1. The lowest BCUT2D eigenvalue weighted by Crippen LogP contribution is -2.26. The van der Waals surface area contributed by atoms with Crippen LogP contribution in [-0.4, -0.2) is 28.8 Å². The van der Waals surface area contributed by atoms with Crippen LogP contribution in [0.25, 0.3) is 0 Å². The fraction of sp³-hybridized carbons (Fsp3) is 0.467. The molecule has 0 bridgehead atoms. The Morgan fingerprint density at radius 2 is 2.29 bits per heavy atom. The Kier molecular flexibility index (Phi) is 5.38. The molecule has 0 aromatic heterocycles. The summed E-state index contributed by atoms with van der Waals surface area (Å²) in [5, 5.41) is 14.8. The molecule has 1 unspecified atom stereocenters. The van der Waals surface area contributed by atoms with Gasteiger partial charge in [-0.25, -0.2) is 0 Å². The monoisotopic (exact) mass is 358 g/mol. The molecule has 0 fully saturated rings. The molecular formula is C15H16ClFN2O5. The number of benzene rings is 1. The van der Waals surface area contributed by atoms with Crippen LogP contribution in [0.3, 0.4) is 0 Å². The lowest BCUT2D eigenvalue weighted by atomic mass is 9.91. The molecular weight excluding hydrogens is 343 g/mol. The van der Waals surface area contributed by atoms with E-state index in [0.29, 0.717) is 18.7 Å². The van der Waals surface area contributed by atoms with Crippen molar-refractivity contribution >= 4 is 29.0 Å². The van der Waals surface area contributed by atoms with Gasteiger partial charge in [-0.3, -0.25) is 14.9 Å². The van der Waals surface area contributed by atoms with Gasteiger partial charge in [0.25, 0.3) is 0 Å². The maximum absolute atomic E-state index is 13.6. The van der Waals surface area contributed by atoms with Crippen LogP contribution in [-0.2, 0) is 14.4 Å². The number of ether oxygens (including phenoxy) is 1. The molecule has 0 saturated heterocycles. The summed E-state index contributed by atoms with van der Waals surface area (Å²) in [4.78, 5) is 26.9. The van der Waals surface area contributed by atoms with E-state index in [1.807, 2.05) is 0 Å². The third-order valence-corrected chi connectivity index (χ3v) is 3.94. The van der Waals surface area contributed by atoms with Crippen LogP contribution >= 0.6 is 11.6 Å². The van der Waals surface area contributed by atoms with Crippen molar-refractivity contribution in [2.45, 2.75) is 38.7 Å². The molecule has 0 N–H and O–H groups in total. The van der Waals surface area contributed by atoms with E-state index in [-0.39, 0.29) is 29.4 Å². The quantitative estimate of drug-likeness (QED) is 0.440. The van der Waals surface area contributed by atoms with Crippen LogP contribution in [0.15, 0.2) is 17.3 Å². The molecule has 1 atom stereocenters. The van der Waals surface area contributed by atoms with Gasteiger partial charge in [-0.2, -0.15) is 4.39 Å². The third kappa shape index (κ3) is 4.00. The number of esters is 1. The summed E-state index contributed by atoms with van der Waals surface area (Å²) in [7, 11) is 0. The summed E-state index contributed by atoms with van der Waals surface area (Å²) < 4.78 is 18.4. The standard InChI is InChI=1S/C15H16ClFN2O5/c1-3-23-14(20)4-5-15(2)8-12(18-24-15)9-6-13(19(21)22)11(17)7-10(9)16/h6-7H,3-5,8H2,1-2H3. The zero-order chi connectivity index (χ0) is 17.9. The van der Waals surface area contributed by atoms with E-state index in [1.165, 1.54) is 0 Å². The number of hydrogen-bond acceptors (Lipinski definition) is 6. The molecule has 1 aliphatic heterocycles. The number of halogens is 2. The number of nitro benzene ring substituents is 1. The first-order valence-corrected chi connectivity index (χ1v) is 7.68. The Morgan fingerprint density at radius 1 is 1.58 bits per heavy atom. The lowest BCUT2D eigenvalue weighted by Gasteiger charge is -2.20. The smallest absolute Gasteiger partial charge is 0.305 e. The normalized spacial score (nSPS) is 19.6. The van der Waals surface area contributed by atoms with Gasteiger partial charge in [-0.15, -0.1) is 0 Å². The molecule has 1 aromatic carbocycles. The van der Waals surface area contributed by atoms with Crippen molar-refractivity contribution in [2.75, 3.05) is 6.61 Å². The molecule has 0 amide bonds. The zero-order valence-electron chi connectivity index (χ0n) is 13.2. The van der Waals surface area contributed by atoms with Crippen LogP contribution in [0.5, 0.6) is 0 Å². The molecule has 0 saturated carbocycles. The molecule has 0 aliphatic carbocycles. The maximum atomic E-state index is 13.6. The second-order valence-corrected chi connectivity index (χ2v) is 6.01. The Hall–Kier alpha value is -2.22. The predicted molar refractivity (Wildman–Crippen MR) is 84.6 cm³/mol. The number of carbonyl (C=O) groups is 1. The second kappa shape index (κ2) is 7.12. The van der Waals surface area contributed by atoms with Gasteiger partial charge >= 0.3 is 11.7 Å². The van der Waals surface area contributed by atoms with Crippen LogP contribution in [0.4, 0.5) is 10.1 Å². The van der Waals surface area contributed by atoms with Gasteiger partial charge < -0.3 is 9.57 Å². The molecule has 7 nitrogen and oxygen atoms in total. The fourth-order valence-electron chi connectivity index (χ4n) is 2.36. The van der Waals surface area contributed by atoms with Crippen molar-refractivity contribution in [2.24, 2.45) is 5.16 Å². The summed E-state index contributed by atoms with van der Waals surface area (Å²) in [6.45, 7) is 3.78. The van der Waals surface area contributed by atoms with Gasteiger partial charge in [-0.05, 0) is 13.8 Å². The maximum Gasteiger partial charge on any atom is 0.305 e. The first kappa shape index (κ1) is 18.1. The second-order valence-electron chi connectivity index (χ2n) is 5.60. The SMILES string of the molecule is CCOC(=O)CCC1(C)CC(c2cc([N+](=O)[O-])c(F)cc2Cl)=NO1. The van der Waals surface area contributed by atoms with E-state index in [4.69, 9.17) is 21.2 Å². The average Bonchev–Trinajstić information content (AvgIpc) is 2.88. The minimum atomic E-state index is -1.02. The van der Waals surface area contributed by atoms with Gasteiger partial charge in [0.1, 0.15) is 5.60 Å². The highest BCUT2D eigenvalue weighted by Crippen LogP contribution is 2.34. The summed E-state index contributed by atoms with van der Waals surface area (Å²) in [6, 6.07) is 1.92. The van der Waals surface area contributed by atoms with Gasteiger partial charge in [0.2, 0.25) is 5.82 Å². The average molecular weight is 359 g/mol. The molecule has 1 aromatic rings. The number of rotatable bonds is 6. The highest BCUT2D eigenvalue weighted by Gasteiger charge is 2.36. The van der Waals surface area contributed by atoms with Crippen molar-refractivity contribution in [1.82, 2.24) is 0 Å². The lowest BCUT2D eigenvalue weighted by molar-refractivity contribution is -0.387. The molecule has 0 radical (unpaired) electrons. The van der Waals surface area contributed by atoms with Crippen molar-refractivity contribution in [1.29, 1.82) is 0 Å². The molecule has 9 heteroatoms. The summed E-state index contributed by atoms with van der Waals surface area (Å²) in [5.74, 6) is -1.36. The minimum Gasteiger partial charge on any atom is -0.466 e. The molecule has 0 spiro atoms. The molecule has 1 aliphatic rings. The first-order chi connectivity index (χ1) is 11.3. The molecule has 1 heterocycles. The van der Waals surface area contributed by atoms with Crippen molar-refractivity contribution in [3.63, 3.8) is 0 Å². The van der Waals surface area contributed by atoms with E-state index >= 15 is 0 Å². The van der Waals surface area contributed by atoms with Crippen molar-refractivity contribution < 1.29 is 23.7 Å². The van der Waals surface area contributed by atoms with E-state index in [2.05, 4.69) is 5.16 Å². The highest BCUT2D eigenvalue weighted by molar-refractivity contribution is 6.34. The van der Waals surface area contributed by atoms with E-state index in [9.17, 15) is 19.3 Å². The van der Waals surface area contributed by atoms with Crippen LogP contribution in [0.2, 0.25) is 5.02 Å². The van der Waals surface area contributed by atoms with E-state index in [1.54, 1.807) is 13.8 Å². The largest absolute Gasteiger partial charge is 0.466 e. The Bertz CT molecular complexity index is 709. The van der Waals surface area contributed by atoms with Gasteiger partial charge in [0.15, 0.2) is 0 Å². The Labute approximate surface area is 142 Å². The minimum absolute atomic E-state index is 0.00935. The summed E-state index contributed by atoms with van der Waals surface area (Å²) in [6.07, 6.45) is 0.805. The fourth-order valence-corrected chi connectivity index (χ4v) is 2.62. The van der Waals surface area contributed by atoms with Gasteiger partial charge in [-0.1, -0.05) is 16.8 Å². The first-order valence-electron chi connectivity index (χ1n) is 7.30. The number of nitro groups is 1. The molecule has 130 valence electrons. The summed E-state index contributed by atoms with van der Waals surface area (Å²) >= 11 is 5.97. The highest BCUT2D eigenvalue weighted by atomic mass is 35.5. The van der Waals surface area contributed by atoms with Gasteiger partial charge in [0.05, 0.1) is 22.3 Å².